The summed E-state index contributed by atoms with van der Waals surface area (Å²) in [4.78, 5) is 33.0. The highest BCUT2D eigenvalue weighted by molar-refractivity contribution is 7.66. The fourth-order valence-corrected chi connectivity index (χ4v) is 6.78. The van der Waals surface area contributed by atoms with E-state index < -0.39 is 13.4 Å². The predicted octanol–water partition coefficient (Wildman–Crippen LogP) is 10.1. The molecule has 0 saturated heterocycles. The first-order valence-electron chi connectivity index (χ1n) is 15.8. The van der Waals surface area contributed by atoms with Crippen molar-refractivity contribution < 1.29 is 14.7 Å². The molecule has 42 heavy (non-hydrogen) atoms. The minimum atomic E-state index is -4.37. The van der Waals surface area contributed by atoms with Crippen LogP contribution in [0.1, 0.15) is 131 Å². The molecule has 0 fully saturated rings. The topological polar surface area (TPSA) is 60.7 Å². The number of hydrogen-bond donors (Lipinski definition) is 3. The van der Waals surface area contributed by atoms with Crippen LogP contribution in [0.15, 0.2) is 54.6 Å². The van der Waals surface area contributed by atoms with Crippen molar-refractivity contribution in [2.45, 2.75) is 130 Å². The second-order valence-electron chi connectivity index (χ2n) is 14.7. The maximum Gasteiger partial charge on any atom is 0.441 e. The van der Waals surface area contributed by atoms with Crippen LogP contribution in [0.5, 0.6) is 0 Å². The monoisotopic (exact) mass is 591 g/mol. The molecule has 230 valence electrons. The van der Waals surface area contributed by atoms with Gasteiger partial charge in [0.2, 0.25) is 0 Å². The molecule has 0 amide bonds. The van der Waals surface area contributed by atoms with Crippen LogP contribution in [-0.2, 0) is 21.7 Å². The van der Waals surface area contributed by atoms with Crippen LogP contribution in [0, 0.1) is 0 Å². The molecule has 0 spiro atoms. The second-order valence-corrected chi connectivity index (χ2v) is 16.4. The SMILES string of the molecule is CCC(C)(C)c1ccc(-c2cc([P+](O)(O)O)c(C(C)(C)CC)c(-c3ccc(C(C)(C)CC)cc3)c2C(C)(C)CC)cc1. The molecule has 3 aromatic rings. The molecular formula is C38H56O3P+. The predicted molar refractivity (Wildman–Crippen MR) is 184 cm³/mol. The Balaban J connectivity index is 2.58. The summed E-state index contributed by atoms with van der Waals surface area (Å²) in [5, 5.41) is 0.255. The first-order chi connectivity index (χ1) is 19.3. The minimum absolute atomic E-state index is 0.0541. The van der Waals surface area contributed by atoms with Crippen molar-refractivity contribution in [2.24, 2.45) is 0 Å². The van der Waals surface area contributed by atoms with Crippen LogP contribution in [0.25, 0.3) is 22.3 Å². The summed E-state index contributed by atoms with van der Waals surface area (Å²) in [5.74, 6) is 0. The zero-order chi connectivity index (χ0) is 31.9. The standard InChI is InChI=1S/C38H56O3P/c1-13-35(5,6)28-21-17-26(18-22-28)30-25-31(42(39,40)41)34(38(11,12)16-4)32(33(30)37(9,10)15-3)27-19-23-29(24-20-27)36(7,8)14-2/h17-25,39-41H,13-16H2,1-12H3/q+1. The van der Waals surface area contributed by atoms with Crippen LogP contribution in [0.3, 0.4) is 0 Å². The summed E-state index contributed by atoms with van der Waals surface area (Å²) >= 11 is 0. The Morgan fingerprint density at radius 3 is 1.21 bits per heavy atom. The Bertz CT molecular complexity index is 1370. The van der Waals surface area contributed by atoms with Gasteiger partial charge in [0.15, 0.2) is 5.30 Å². The van der Waals surface area contributed by atoms with Crippen LogP contribution < -0.4 is 5.30 Å². The van der Waals surface area contributed by atoms with E-state index in [1.165, 1.54) is 16.7 Å². The summed E-state index contributed by atoms with van der Waals surface area (Å²) < 4.78 is 0. The van der Waals surface area contributed by atoms with E-state index in [-0.39, 0.29) is 21.5 Å². The van der Waals surface area contributed by atoms with E-state index in [1.54, 1.807) is 0 Å². The fraction of sp³-hybridized carbons (Fsp3) is 0.526. The van der Waals surface area contributed by atoms with Gasteiger partial charge in [-0.15, -0.1) is 0 Å². The highest BCUT2D eigenvalue weighted by Crippen LogP contribution is 2.54. The second kappa shape index (κ2) is 12.2. The average molecular weight is 592 g/mol. The molecular weight excluding hydrogens is 535 g/mol. The lowest BCUT2D eigenvalue weighted by molar-refractivity contribution is 0.345. The van der Waals surface area contributed by atoms with E-state index in [1.807, 2.05) is 6.07 Å². The third kappa shape index (κ3) is 6.71. The van der Waals surface area contributed by atoms with Crippen molar-refractivity contribution in [1.29, 1.82) is 0 Å². The maximum absolute atomic E-state index is 11.0. The van der Waals surface area contributed by atoms with Crippen molar-refractivity contribution in [3.63, 3.8) is 0 Å². The smallest absolute Gasteiger partial charge is 0.189 e. The number of hydrogen-bond acceptors (Lipinski definition) is 3. The van der Waals surface area contributed by atoms with Gasteiger partial charge in [-0.05, 0) is 92.4 Å². The summed E-state index contributed by atoms with van der Waals surface area (Å²) in [5.41, 5.74) is 8.05. The average Bonchev–Trinajstić information content (AvgIpc) is 2.95. The minimum Gasteiger partial charge on any atom is -0.189 e. The molecule has 0 bridgehead atoms. The van der Waals surface area contributed by atoms with E-state index in [0.29, 0.717) is 0 Å². The van der Waals surface area contributed by atoms with Gasteiger partial charge in [0, 0.05) is 5.56 Å². The van der Waals surface area contributed by atoms with Gasteiger partial charge in [-0.25, -0.2) is 0 Å². The lowest BCUT2D eigenvalue weighted by Crippen LogP contribution is -2.32. The normalized spacial score (nSPS) is 13.5. The summed E-state index contributed by atoms with van der Waals surface area (Å²) in [6, 6.07) is 19.4. The van der Waals surface area contributed by atoms with Gasteiger partial charge < -0.3 is 0 Å². The third-order valence-electron chi connectivity index (χ3n) is 10.5. The molecule has 3 N–H and O–H groups in total. The van der Waals surface area contributed by atoms with Gasteiger partial charge in [0.25, 0.3) is 0 Å². The number of rotatable bonds is 11. The van der Waals surface area contributed by atoms with Gasteiger partial charge in [0.05, 0.1) is 0 Å². The van der Waals surface area contributed by atoms with Crippen molar-refractivity contribution in [2.75, 3.05) is 0 Å². The molecule has 0 aliphatic rings. The van der Waals surface area contributed by atoms with Gasteiger partial charge >= 0.3 is 7.94 Å². The van der Waals surface area contributed by atoms with Crippen LogP contribution >= 0.6 is 7.94 Å². The summed E-state index contributed by atoms with van der Waals surface area (Å²) in [7, 11) is -4.37. The zero-order valence-electron chi connectivity index (χ0n) is 28.3. The molecule has 3 rings (SSSR count). The number of benzene rings is 3. The lowest BCUT2D eigenvalue weighted by Gasteiger charge is -2.36. The Labute approximate surface area is 257 Å². The van der Waals surface area contributed by atoms with Gasteiger partial charge in [-0.1, -0.05) is 132 Å². The van der Waals surface area contributed by atoms with Crippen molar-refractivity contribution in [3.05, 3.63) is 76.9 Å². The van der Waals surface area contributed by atoms with Gasteiger partial charge in [0.1, 0.15) is 0 Å². The van der Waals surface area contributed by atoms with E-state index in [0.717, 1.165) is 53.5 Å². The van der Waals surface area contributed by atoms with Crippen molar-refractivity contribution in [3.8, 4) is 22.3 Å². The zero-order valence-corrected chi connectivity index (χ0v) is 29.2. The summed E-state index contributed by atoms with van der Waals surface area (Å²) in [6.45, 7) is 26.7. The molecule has 0 atom stereocenters. The Kier molecular flexibility index (Phi) is 9.98. The van der Waals surface area contributed by atoms with Crippen molar-refractivity contribution >= 4 is 13.2 Å². The molecule has 4 heteroatoms. The maximum atomic E-state index is 11.0. The molecule has 0 saturated carbocycles. The van der Waals surface area contributed by atoms with E-state index in [2.05, 4.69) is 132 Å². The van der Waals surface area contributed by atoms with E-state index in [9.17, 15) is 14.7 Å². The highest BCUT2D eigenvalue weighted by Gasteiger charge is 2.45. The van der Waals surface area contributed by atoms with Crippen LogP contribution in [0.4, 0.5) is 0 Å². The fourth-order valence-electron chi connectivity index (χ4n) is 5.76. The molecule has 3 nitrogen and oxygen atoms in total. The Morgan fingerprint density at radius 1 is 0.500 bits per heavy atom. The first-order valence-corrected chi connectivity index (χ1v) is 17.4. The lowest BCUT2D eigenvalue weighted by atomic mass is 9.68. The molecule has 0 radical (unpaired) electrons. The molecule has 0 aromatic heterocycles. The van der Waals surface area contributed by atoms with Crippen LogP contribution in [0.2, 0.25) is 0 Å². The molecule has 0 aliphatic heterocycles. The molecule has 3 aromatic carbocycles. The Hall–Kier alpha value is -2.03. The quantitative estimate of drug-likeness (QED) is 0.194. The largest absolute Gasteiger partial charge is 0.441 e. The summed E-state index contributed by atoms with van der Waals surface area (Å²) in [6.07, 6.45) is 3.75. The molecule has 0 aliphatic carbocycles. The van der Waals surface area contributed by atoms with E-state index >= 15 is 0 Å². The highest BCUT2D eigenvalue weighted by atomic mass is 31.2. The third-order valence-corrected chi connectivity index (χ3v) is 11.5. The Morgan fingerprint density at radius 2 is 0.857 bits per heavy atom. The van der Waals surface area contributed by atoms with Gasteiger partial charge in [-0.3, -0.25) is 0 Å². The first kappa shape index (κ1) is 34.5. The van der Waals surface area contributed by atoms with Crippen molar-refractivity contribution in [1.82, 2.24) is 0 Å². The van der Waals surface area contributed by atoms with Crippen LogP contribution in [-0.4, -0.2) is 14.7 Å². The van der Waals surface area contributed by atoms with Gasteiger partial charge in [-0.2, -0.15) is 14.7 Å². The molecule has 0 unspecified atom stereocenters. The van der Waals surface area contributed by atoms with E-state index in [4.69, 9.17) is 0 Å². The molecule has 0 heterocycles.